The van der Waals surface area contributed by atoms with Crippen molar-refractivity contribution in [3.63, 3.8) is 0 Å². The maximum atomic E-state index is 13.0. The van der Waals surface area contributed by atoms with Crippen LogP contribution in [0.5, 0.6) is 0 Å². The number of hydrogen-bond donors (Lipinski definition) is 1. The molecular formula is C20H15FN4O2S. The number of pyridine rings is 1. The summed E-state index contributed by atoms with van der Waals surface area (Å²) in [6, 6.07) is 9.71. The zero-order valence-electron chi connectivity index (χ0n) is 14.6. The summed E-state index contributed by atoms with van der Waals surface area (Å²) in [5.41, 5.74) is 2.40. The maximum absolute atomic E-state index is 13.0. The highest BCUT2D eigenvalue weighted by Gasteiger charge is 2.11. The summed E-state index contributed by atoms with van der Waals surface area (Å²) in [6.07, 6.45) is 5.56. The molecular weight excluding hydrogens is 379 g/mol. The van der Waals surface area contributed by atoms with Gasteiger partial charge in [0.05, 0.1) is 11.9 Å². The molecule has 1 aromatic carbocycles. The molecule has 0 saturated heterocycles. The number of nitrogens with zero attached hydrogens (tertiary/aromatic N) is 3. The Kier molecular flexibility index (Phi) is 5.20. The Morgan fingerprint density at radius 1 is 1.14 bits per heavy atom. The van der Waals surface area contributed by atoms with Gasteiger partial charge in [0.2, 0.25) is 5.91 Å². The highest BCUT2D eigenvalue weighted by molar-refractivity contribution is 7.14. The summed E-state index contributed by atoms with van der Waals surface area (Å²) in [5.74, 6) is 0.503. The molecule has 0 unspecified atom stereocenters. The van der Waals surface area contributed by atoms with E-state index < -0.39 is 0 Å². The Balaban J connectivity index is 1.33. The predicted molar refractivity (Wildman–Crippen MR) is 104 cm³/mol. The fourth-order valence-electron chi connectivity index (χ4n) is 2.55. The summed E-state index contributed by atoms with van der Waals surface area (Å²) in [6.45, 7) is 0. The van der Waals surface area contributed by atoms with Gasteiger partial charge in [0.15, 0.2) is 16.8 Å². The van der Waals surface area contributed by atoms with Crippen molar-refractivity contribution in [2.24, 2.45) is 0 Å². The molecule has 0 aliphatic heterocycles. The van der Waals surface area contributed by atoms with E-state index in [2.05, 4.69) is 20.3 Å². The summed E-state index contributed by atoms with van der Waals surface area (Å²) in [5, 5.41) is 5.19. The van der Waals surface area contributed by atoms with Crippen molar-refractivity contribution in [1.82, 2.24) is 15.0 Å². The number of aryl methyl sites for hydroxylation is 1. The van der Waals surface area contributed by atoms with E-state index in [1.54, 1.807) is 30.7 Å². The van der Waals surface area contributed by atoms with Crippen LogP contribution in [0.1, 0.15) is 12.3 Å². The molecule has 0 aliphatic rings. The van der Waals surface area contributed by atoms with Crippen LogP contribution in [-0.2, 0) is 11.2 Å². The summed E-state index contributed by atoms with van der Waals surface area (Å²) >= 11 is 1.36. The van der Waals surface area contributed by atoms with Crippen LogP contribution in [0.2, 0.25) is 0 Å². The number of oxazole rings is 1. The number of aromatic nitrogens is 3. The van der Waals surface area contributed by atoms with Gasteiger partial charge in [0, 0.05) is 41.7 Å². The number of hydrogen-bond acceptors (Lipinski definition) is 6. The third-order valence-corrected chi connectivity index (χ3v) is 4.71. The quantitative estimate of drug-likeness (QED) is 0.518. The van der Waals surface area contributed by atoms with E-state index in [4.69, 9.17) is 4.42 Å². The SMILES string of the molecule is O=C(CCc1ncc(-c2ccc(F)cc2)o1)Nc1nc(-c2cccnc2)cs1. The third kappa shape index (κ3) is 4.29. The van der Waals surface area contributed by atoms with Gasteiger partial charge >= 0.3 is 0 Å². The average molecular weight is 394 g/mol. The molecule has 0 spiro atoms. The van der Waals surface area contributed by atoms with Gasteiger partial charge in [-0.3, -0.25) is 9.78 Å². The fraction of sp³-hybridized carbons (Fsp3) is 0.100. The Bertz CT molecular complexity index is 1080. The van der Waals surface area contributed by atoms with E-state index in [1.165, 1.54) is 23.5 Å². The second kappa shape index (κ2) is 8.10. The van der Waals surface area contributed by atoms with Crippen molar-refractivity contribution in [3.8, 4) is 22.6 Å². The number of nitrogens with one attached hydrogen (secondary N) is 1. The average Bonchev–Trinajstić information content (AvgIpc) is 3.37. The van der Waals surface area contributed by atoms with E-state index in [0.717, 1.165) is 16.8 Å². The van der Waals surface area contributed by atoms with Crippen LogP contribution < -0.4 is 5.32 Å². The Hall–Kier alpha value is -3.39. The summed E-state index contributed by atoms with van der Waals surface area (Å²) in [4.78, 5) is 24.8. The van der Waals surface area contributed by atoms with Crippen molar-refractivity contribution >= 4 is 22.4 Å². The van der Waals surface area contributed by atoms with E-state index in [1.807, 2.05) is 17.5 Å². The Labute approximate surface area is 164 Å². The number of benzene rings is 1. The zero-order valence-corrected chi connectivity index (χ0v) is 15.4. The van der Waals surface area contributed by atoms with Gasteiger partial charge in [-0.1, -0.05) is 0 Å². The smallest absolute Gasteiger partial charge is 0.226 e. The molecule has 3 aromatic heterocycles. The minimum Gasteiger partial charge on any atom is -0.441 e. The first-order chi connectivity index (χ1) is 13.7. The molecule has 0 bridgehead atoms. The van der Waals surface area contributed by atoms with Crippen molar-refractivity contribution in [3.05, 3.63) is 72.1 Å². The number of carbonyl (C=O) groups excluding carboxylic acids is 1. The topological polar surface area (TPSA) is 80.9 Å². The second-order valence-corrected chi connectivity index (χ2v) is 6.81. The lowest BCUT2D eigenvalue weighted by Gasteiger charge is -2.00. The highest BCUT2D eigenvalue weighted by Crippen LogP contribution is 2.24. The third-order valence-electron chi connectivity index (χ3n) is 3.96. The largest absolute Gasteiger partial charge is 0.441 e. The number of anilines is 1. The number of thiazole rings is 1. The molecule has 4 aromatic rings. The molecule has 0 saturated carbocycles. The number of amides is 1. The van der Waals surface area contributed by atoms with Crippen LogP contribution in [-0.4, -0.2) is 20.9 Å². The van der Waals surface area contributed by atoms with Crippen molar-refractivity contribution in [2.45, 2.75) is 12.8 Å². The maximum Gasteiger partial charge on any atom is 0.226 e. The normalized spacial score (nSPS) is 10.8. The van der Waals surface area contributed by atoms with Gasteiger partial charge in [-0.05, 0) is 36.4 Å². The van der Waals surface area contributed by atoms with Crippen molar-refractivity contribution in [2.75, 3.05) is 5.32 Å². The molecule has 0 radical (unpaired) electrons. The molecule has 1 amide bonds. The van der Waals surface area contributed by atoms with Gasteiger partial charge in [-0.25, -0.2) is 14.4 Å². The van der Waals surface area contributed by atoms with Crippen molar-refractivity contribution < 1.29 is 13.6 Å². The van der Waals surface area contributed by atoms with Gasteiger partial charge in [0.25, 0.3) is 0 Å². The van der Waals surface area contributed by atoms with Gasteiger partial charge < -0.3 is 9.73 Å². The van der Waals surface area contributed by atoms with Gasteiger partial charge in [-0.2, -0.15) is 0 Å². The first kappa shape index (κ1) is 18.0. The number of rotatable bonds is 6. The lowest BCUT2D eigenvalue weighted by Crippen LogP contribution is -2.12. The Morgan fingerprint density at radius 3 is 2.79 bits per heavy atom. The molecule has 4 rings (SSSR count). The molecule has 28 heavy (non-hydrogen) atoms. The van der Waals surface area contributed by atoms with E-state index >= 15 is 0 Å². The lowest BCUT2D eigenvalue weighted by atomic mass is 10.2. The second-order valence-electron chi connectivity index (χ2n) is 5.95. The fourth-order valence-corrected chi connectivity index (χ4v) is 3.29. The molecule has 0 atom stereocenters. The first-order valence-corrected chi connectivity index (χ1v) is 9.42. The molecule has 1 N–H and O–H groups in total. The minimum absolute atomic E-state index is 0.173. The minimum atomic E-state index is -0.311. The highest BCUT2D eigenvalue weighted by atomic mass is 32.1. The summed E-state index contributed by atoms with van der Waals surface area (Å²) in [7, 11) is 0. The number of halogens is 1. The molecule has 140 valence electrons. The van der Waals surface area contributed by atoms with Gasteiger partial charge in [-0.15, -0.1) is 11.3 Å². The molecule has 0 fully saturated rings. The summed E-state index contributed by atoms with van der Waals surface area (Å²) < 4.78 is 18.6. The van der Waals surface area contributed by atoms with Crippen molar-refractivity contribution in [1.29, 1.82) is 0 Å². The molecule has 6 nitrogen and oxygen atoms in total. The van der Waals surface area contributed by atoms with Crippen LogP contribution in [0.4, 0.5) is 9.52 Å². The standard InChI is InChI=1S/C20H15FN4O2S/c21-15-5-3-13(4-6-15)17-11-23-19(27-17)8-7-18(26)25-20-24-16(12-28-20)14-2-1-9-22-10-14/h1-6,9-12H,7-8H2,(H,24,25,26). The van der Waals surface area contributed by atoms with Crippen LogP contribution >= 0.6 is 11.3 Å². The monoisotopic (exact) mass is 394 g/mol. The van der Waals surface area contributed by atoms with E-state index in [9.17, 15) is 9.18 Å². The van der Waals surface area contributed by atoms with Crippen LogP contribution in [0, 0.1) is 5.82 Å². The predicted octanol–water partition coefficient (Wildman–Crippen LogP) is 4.57. The molecule has 3 heterocycles. The van der Waals surface area contributed by atoms with Crippen LogP contribution in [0.3, 0.4) is 0 Å². The van der Waals surface area contributed by atoms with E-state index in [0.29, 0.717) is 23.2 Å². The first-order valence-electron chi connectivity index (χ1n) is 8.54. The number of carbonyl (C=O) groups is 1. The lowest BCUT2D eigenvalue weighted by molar-refractivity contribution is -0.116. The Morgan fingerprint density at radius 2 is 2.00 bits per heavy atom. The van der Waals surface area contributed by atoms with Crippen LogP contribution in [0.15, 0.2) is 64.8 Å². The van der Waals surface area contributed by atoms with Gasteiger partial charge in [0.1, 0.15) is 5.82 Å². The zero-order chi connectivity index (χ0) is 19.3. The van der Waals surface area contributed by atoms with Crippen LogP contribution in [0.25, 0.3) is 22.6 Å². The molecule has 8 heteroatoms. The van der Waals surface area contributed by atoms with E-state index in [-0.39, 0.29) is 18.1 Å². The molecule has 0 aliphatic carbocycles.